The zero-order valence-electron chi connectivity index (χ0n) is 17.0. The van der Waals surface area contributed by atoms with Crippen LogP contribution in [0.25, 0.3) is 0 Å². The molecule has 0 aliphatic rings. The van der Waals surface area contributed by atoms with Gasteiger partial charge >= 0.3 is 0 Å². The predicted molar refractivity (Wildman–Crippen MR) is 113 cm³/mol. The third kappa shape index (κ3) is 7.40. The molecule has 2 aromatic carbocycles. The molecule has 2 rings (SSSR count). The Labute approximate surface area is 172 Å². The van der Waals surface area contributed by atoms with Gasteiger partial charge in [0, 0.05) is 18.7 Å². The maximum absolute atomic E-state index is 12.3. The average molecular weight is 421 g/mol. The lowest BCUT2D eigenvalue weighted by molar-refractivity contribution is 0.0953. The molecule has 7 nitrogen and oxygen atoms in total. The van der Waals surface area contributed by atoms with E-state index in [1.807, 2.05) is 37.3 Å². The lowest BCUT2D eigenvalue weighted by atomic mass is 10.1. The number of amides is 1. The molecule has 1 amide bonds. The Balaban J connectivity index is 1.81. The Morgan fingerprint density at radius 3 is 2.45 bits per heavy atom. The summed E-state index contributed by atoms with van der Waals surface area (Å²) >= 11 is 0. The minimum Gasteiger partial charge on any atom is -0.497 e. The van der Waals surface area contributed by atoms with Gasteiger partial charge in [-0.3, -0.25) is 4.79 Å². The van der Waals surface area contributed by atoms with Gasteiger partial charge < -0.3 is 14.8 Å². The number of nitrogens with one attached hydrogen (secondary N) is 2. The molecule has 0 saturated heterocycles. The lowest BCUT2D eigenvalue weighted by Crippen LogP contribution is -2.38. The van der Waals surface area contributed by atoms with Gasteiger partial charge in [-0.05, 0) is 37.5 Å². The van der Waals surface area contributed by atoms with E-state index in [1.165, 1.54) is 19.8 Å². The molecule has 0 unspecified atom stereocenters. The number of hydrogen-bond acceptors (Lipinski definition) is 5. The second kappa shape index (κ2) is 10.8. The van der Waals surface area contributed by atoms with Crippen LogP contribution in [0.5, 0.6) is 11.5 Å². The van der Waals surface area contributed by atoms with Crippen LogP contribution < -0.4 is 19.5 Å². The highest BCUT2D eigenvalue weighted by atomic mass is 32.2. The third-order valence-electron chi connectivity index (χ3n) is 4.40. The number of methoxy groups -OCH3 is 2. The van der Waals surface area contributed by atoms with Crippen molar-refractivity contribution in [1.29, 1.82) is 0 Å². The summed E-state index contributed by atoms with van der Waals surface area (Å²) in [5, 5.41) is 2.62. The van der Waals surface area contributed by atoms with Crippen molar-refractivity contribution in [3.05, 3.63) is 59.7 Å². The molecule has 1 atom stereocenters. The van der Waals surface area contributed by atoms with Crippen LogP contribution >= 0.6 is 0 Å². The van der Waals surface area contributed by atoms with Crippen LogP contribution in [0.1, 0.15) is 29.3 Å². The largest absolute Gasteiger partial charge is 0.497 e. The molecule has 2 N–H and O–H groups in total. The van der Waals surface area contributed by atoms with Crippen molar-refractivity contribution < 1.29 is 22.7 Å². The van der Waals surface area contributed by atoms with Gasteiger partial charge in [-0.1, -0.05) is 30.3 Å². The number of carbonyl (C=O) groups excluding carboxylic acids is 1. The molecule has 8 heteroatoms. The molecule has 0 heterocycles. The van der Waals surface area contributed by atoms with Crippen LogP contribution in [0.15, 0.2) is 48.5 Å². The van der Waals surface area contributed by atoms with E-state index in [-0.39, 0.29) is 18.3 Å². The topological polar surface area (TPSA) is 93.7 Å². The summed E-state index contributed by atoms with van der Waals surface area (Å²) in [6.45, 7) is 1.83. The van der Waals surface area contributed by atoms with E-state index < -0.39 is 15.9 Å². The molecule has 0 fully saturated rings. The summed E-state index contributed by atoms with van der Waals surface area (Å²) in [4.78, 5) is 12.3. The maximum Gasteiger partial charge on any atom is 0.255 e. The number of aryl methyl sites for hydroxylation is 1. The molecule has 0 aromatic heterocycles. The second-order valence-electron chi connectivity index (χ2n) is 6.68. The van der Waals surface area contributed by atoms with Crippen molar-refractivity contribution in [2.75, 3.05) is 26.5 Å². The van der Waals surface area contributed by atoms with Crippen molar-refractivity contribution in [2.45, 2.75) is 25.8 Å². The number of rotatable bonds is 11. The minimum atomic E-state index is -3.51. The molecular weight excluding hydrogens is 392 g/mol. The monoisotopic (exact) mass is 420 g/mol. The molecular formula is C21H28N2O5S. The van der Waals surface area contributed by atoms with Gasteiger partial charge in [-0.2, -0.15) is 0 Å². The first-order valence-corrected chi connectivity index (χ1v) is 11.0. The predicted octanol–water partition coefficient (Wildman–Crippen LogP) is 2.37. The Morgan fingerprint density at radius 1 is 1.07 bits per heavy atom. The molecule has 0 saturated carbocycles. The van der Waals surface area contributed by atoms with Crippen LogP contribution in [-0.4, -0.2) is 46.9 Å². The van der Waals surface area contributed by atoms with E-state index in [1.54, 1.807) is 18.2 Å². The maximum atomic E-state index is 12.3. The SMILES string of the molecule is COc1ccc(C(=O)NCCS(=O)(=O)N[C@@H](C)CCc2ccccc2)c(OC)c1. The number of carbonyl (C=O) groups is 1. The quantitative estimate of drug-likeness (QED) is 0.582. The van der Waals surface area contributed by atoms with Gasteiger partial charge in [0.05, 0.1) is 25.5 Å². The van der Waals surface area contributed by atoms with Gasteiger partial charge in [0.1, 0.15) is 11.5 Å². The van der Waals surface area contributed by atoms with E-state index in [2.05, 4.69) is 10.0 Å². The Kier molecular flexibility index (Phi) is 8.48. The van der Waals surface area contributed by atoms with Crippen molar-refractivity contribution >= 4 is 15.9 Å². The lowest BCUT2D eigenvalue weighted by Gasteiger charge is -2.15. The Hall–Kier alpha value is -2.58. The highest BCUT2D eigenvalue weighted by Crippen LogP contribution is 2.24. The number of ether oxygens (including phenoxy) is 2. The molecule has 0 radical (unpaired) electrons. The summed E-state index contributed by atoms with van der Waals surface area (Å²) < 4.78 is 37.5. The fourth-order valence-electron chi connectivity index (χ4n) is 2.83. The Morgan fingerprint density at radius 2 is 1.79 bits per heavy atom. The highest BCUT2D eigenvalue weighted by Gasteiger charge is 2.17. The van der Waals surface area contributed by atoms with Gasteiger partial charge in [0.2, 0.25) is 10.0 Å². The Bertz CT molecular complexity index is 901. The summed E-state index contributed by atoms with van der Waals surface area (Å²) in [5.74, 6) is 0.316. The van der Waals surface area contributed by atoms with Crippen molar-refractivity contribution in [2.24, 2.45) is 0 Å². The molecule has 0 aliphatic carbocycles. The second-order valence-corrected chi connectivity index (χ2v) is 8.56. The first-order chi connectivity index (χ1) is 13.8. The van der Waals surface area contributed by atoms with Crippen molar-refractivity contribution in [3.63, 3.8) is 0 Å². The van der Waals surface area contributed by atoms with E-state index in [0.29, 0.717) is 23.5 Å². The van der Waals surface area contributed by atoms with Crippen molar-refractivity contribution in [3.8, 4) is 11.5 Å². The van der Waals surface area contributed by atoms with Gasteiger partial charge in [0.25, 0.3) is 5.91 Å². The van der Waals surface area contributed by atoms with Crippen LogP contribution in [-0.2, 0) is 16.4 Å². The minimum absolute atomic E-state index is 0.00520. The van der Waals surface area contributed by atoms with Crippen LogP contribution in [0.2, 0.25) is 0 Å². The zero-order valence-corrected chi connectivity index (χ0v) is 17.8. The molecule has 158 valence electrons. The summed E-state index contributed by atoms with van der Waals surface area (Å²) in [6, 6.07) is 14.5. The van der Waals surface area contributed by atoms with Gasteiger partial charge in [-0.15, -0.1) is 0 Å². The van der Waals surface area contributed by atoms with E-state index in [9.17, 15) is 13.2 Å². The molecule has 0 bridgehead atoms. The first-order valence-electron chi connectivity index (χ1n) is 9.39. The number of hydrogen-bond donors (Lipinski definition) is 2. The summed E-state index contributed by atoms with van der Waals surface area (Å²) in [7, 11) is -0.529. The highest BCUT2D eigenvalue weighted by molar-refractivity contribution is 7.89. The first kappa shape index (κ1) is 22.7. The normalized spacial score (nSPS) is 12.2. The van der Waals surface area contributed by atoms with Crippen LogP contribution in [0.3, 0.4) is 0 Å². The average Bonchev–Trinajstić information content (AvgIpc) is 2.71. The van der Waals surface area contributed by atoms with Crippen molar-refractivity contribution in [1.82, 2.24) is 10.0 Å². The number of sulfonamides is 1. The van der Waals surface area contributed by atoms with Crippen LogP contribution in [0, 0.1) is 0 Å². The molecule has 0 aliphatic heterocycles. The zero-order chi connectivity index (χ0) is 21.3. The molecule has 29 heavy (non-hydrogen) atoms. The standard InChI is InChI=1S/C21H28N2O5S/c1-16(9-10-17-7-5-4-6-8-17)23-29(25,26)14-13-22-21(24)19-12-11-18(27-2)15-20(19)28-3/h4-8,11-12,15-16,23H,9-10,13-14H2,1-3H3,(H,22,24)/t16-/m0/s1. The van der Waals surface area contributed by atoms with E-state index >= 15 is 0 Å². The third-order valence-corrected chi connectivity index (χ3v) is 5.90. The summed E-state index contributed by atoms with van der Waals surface area (Å²) in [5.41, 5.74) is 1.48. The molecule has 0 spiro atoms. The fourth-order valence-corrected chi connectivity index (χ4v) is 4.05. The smallest absolute Gasteiger partial charge is 0.255 e. The summed E-state index contributed by atoms with van der Waals surface area (Å²) in [6.07, 6.45) is 1.48. The number of benzene rings is 2. The van der Waals surface area contributed by atoms with Gasteiger partial charge in [0.15, 0.2) is 0 Å². The van der Waals surface area contributed by atoms with Crippen LogP contribution in [0.4, 0.5) is 0 Å². The van der Waals surface area contributed by atoms with E-state index in [0.717, 1.165) is 6.42 Å². The molecule has 2 aromatic rings. The van der Waals surface area contributed by atoms with E-state index in [4.69, 9.17) is 9.47 Å². The van der Waals surface area contributed by atoms with Gasteiger partial charge in [-0.25, -0.2) is 13.1 Å². The fraction of sp³-hybridized carbons (Fsp3) is 0.381.